The third-order valence-corrected chi connectivity index (χ3v) is 3.81. The zero-order valence-electron chi connectivity index (χ0n) is 10.7. The zero-order valence-corrected chi connectivity index (χ0v) is 11.5. The summed E-state index contributed by atoms with van der Waals surface area (Å²) in [5, 5.41) is 9.89. The van der Waals surface area contributed by atoms with Gasteiger partial charge in [-0.2, -0.15) is 5.26 Å². The van der Waals surface area contributed by atoms with Crippen LogP contribution < -0.4 is 0 Å². The second-order valence-electron chi connectivity index (χ2n) is 5.01. The van der Waals surface area contributed by atoms with Gasteiger partial charge in [0.1, 0.15) is 0 Å². The van der Waals surface area contributed by atoms with Crippen molar-refractivity contribution in [3.8, 4) is 6.07 Å². The molecule has 1 heterocycles. The van der Waals surface area contributed by atoms with Crippen molar-refractivity contribution in [1.29, 1.82) is 5.26 Å². The van der Waals surface area contributed by atoms with Crippen LogP contribution in [-0.2, 0) is 0 Å². The number of thioether (sulfide) groups is 1. The van der Waals surface area contributed by atoms with Gasteiger partial charge < -0.3 is 4.98 Å². The van der Waals surface area contributed by atoms with E-state index in [1.165, 1.54) is 0 Å². The van der Waals surface area contributed by atoms with E-state index in [1.54, 1.807) is 11.8 Å². The molecule has 0 amide bonds. The zero-order chi connectivity index (χ0) is 13.0. The molecule has 4 heteroatoms. The number of H-pyrrole nitrogens is 1. The van der Waals surface area contributed by atoms with E-state index in [9.17, 15) is 0 Å². The smallest absolute Gasteiger partial charge is 0.166 e. The minimum Gasteiger partial charge on any atom is -0.333 e. The Hall–Kier alpha value is -1.47. The number of aromatic amines is 1. The lowest BCUT2D eigenvalue weighted by molar-refractivity contribution is 0.447. The van der Waals surface area contributed by atoms with Gasteiger partial charge in [0, 0.05) is 5.75 Å². The van der Waals surface area contributed by atoms with E-state index in [0.717, 1.165) is 34.8 Å². The maximum Gasteiger partial charge on any atom is 0.166 e. The summed E-state index contributed by atoms with van der Waals surface area (Å²) in [7, 11) is 0. The highest BCUT2D eigenvalue weighted by molar-refractivity contribution is 7.99. The first-order valence-corrected chi connectivity index (χ1v) is 7.08. The largest absolute Gasteiger partial charge is 0.333 e. The number of para-hydroxylation sites is 2. The number of imidazole rings is 1. The van der Waals surface area contributed by atoms with Gasteiger partial charge in [-0.1, -0.05) is 23.9 Å². The number of hydrogen-bond acceptors (Lipinski definition) is 3. The lowest BCUT2D eigenvalue weighted by atomic mass is 9.90. The number of nitrogens with zero attached hydrogens (tertiary/aromatic N) is 2. The van der Waals surface area contributed by atoms with Crippen LogP contribution in [0, 0.1) is 16.7 Å². The molecule has 0 fully saturated rings. The van der Waals surface area contributed by atoms with Crippen LogP contribution >= 0.6 is 11.8 Å². The van der Waals surface area contributed by atoms with Crippen LogP contribution in [-0.4, -0.2) is 15.7 Å². The second-order valence-corrected chi connectivity index (χ2v) is 6.09. The predicted molar refractivity (Wildman–Crippen MR) is 75.4 cm³/mol. The van der Waals surface area contributed by atoms with Gasteiger partial charge in [0.05, 0.1) is 22.5 Å². The molecule has 0 aliphatic carbocycles. The topological polar surface area (TPSA) is 52.5 Å². The highest BCUT2D eigenvalue weighted by Gasteiger charge is 2.15. The molecule has 1 N–H and O–H groups in total. The van der Waals surface area contributed by atoms with Gasteiger partial charge in [0.25, 0.3) is 0 Å². The van der Waals surface area contributed by atoms with Crippen molar-refractivity contribution in [2.75, 3.05) is 5.75 Å². The molecule has 0 saturated heterocycles. The molecule has 18 heavy (non-hydrogen) atoms. The summed E-state index contributed by atoms with van der Waals surface area (Å²) in [5.74, 6) is 0.991. The van der Waals surface area contributed by atoms with Crippen molar-refractivity contribution in [1.82, 2.24) is 9.97 Å². The maximum atomic E-state index is 8.93. The van der Waals surface area contributed by atoms with Crippen molar-refractivity contribution in [3.63, 3.8) is 0 Å². The average Bonchev–Trinajstić information content (AvgIpc) is 2.77. The van der Waals surface area contributed by atoms with Gasteiger partial charge in [-0.3, -0.25) is 0 Å². The number of fused-ring (bicyclic) bond motifs is 1. The fraction of sp³-hybridized carbons (Fsp3) is 0.429. The van der Waals surface area contributed by atoms with E-state index in [1.807, 2.05) is 38.1 Å². The predicted octanol–water partition coefficient (Wildman–Crippen LogP) is 3.98. The molecule has 2 rings (SSSR count). The third-order valence-electron chi connectivity index (χ3n) is 2.86. The molecule has 0 bridgehead atoms. The Bertz CT molecular complexity index is 533. The Morgan fingerprint density at radius 1 is 1.39 bits per heavy atom. The minimum absolute atomic E-state index is 0.214. The first-order valence-electron chi connectivity index (χ1n) is 6.09. The standard InChI is InChI=1S/C14H17N3S/c1-14(2,10-15)8-5-9-18-13-16-11-6-3-4-7-12(11)17-13/h3-4,6-7H,5,8-9H2,1-2H3,(H,16,17). The molecule has 0 saturated carbocycles. The molecule has 1 aromatic carbocycles. The molecule has 3 nitrogen and oxygen atoms in total. The number of aromatic nitrogens is 2. The third kappa shape index (κ3) is 3.27. The van der Waals surface area contributed by atoms with Crippen molar-refractivity contribution in [2.45, 2.75) is 31.8 Å². The van der Waals surface area contributed by atoms with Crippen LogP contribution in [0.2, 0.25) is 0 Å². The fourth-order valence-electron chi connectivity index (χ4n) is 1.74. The number of benzene rings is 1. The first-order chi connectivity index (χ1) is 8.61. The molecule has 0 unspecified atom stereocenters. The molecular weight excluding hydrogens is 242 g/mol. The molecule has 0 aliphatic heterocycles. The van der Waals surface area contributed by atoms with Gasteiger partial charge >= 0.3 is 0 Å². The van der Waals surface area contributed by atoms with Gasteiger partial charge in [0.15, 0.2) is 5.16 Å². The van der Waals surface area contributed by atoms with Crippen molar-refractivity contribution < 1.29 is 0 Å². The van der Waals surface area contributed by atoms with Gasteiger partial charge in [-0.25, -0.2) is 4.98 Å². The quantitative estimate of drug-likeness (QED) is 0.652. The van der Waals surface area contributed by atoms with Crippen molar-refractivity contribution in [2.24, 2.45) is 5.41 Å². The van der Waals surface area contributed by atoms with E-state index in [0.29, 0.717) is 0 Å². The fourth-order valence-corrected chi connectivity index (χ4v) is 2.56. The second kappa shape index (κ2) is 5.45. The maximum absolute atomic E-state index is 8.93. The average molecular weight is 259 g/mol. The van der Waals surface area contributed by atoms with E-state index in [4.69, 9.17) is 5.26 Å². The molecule has 0 atom stereocenters. The van der Waals surface area contributed by atoms with Gasteiger partial charge in [0.2, 0.25) is 0 Å². The first kappa shape index (κ1) is 13.0. The highest BCUT2D eigenvalue weighted by Crippen LogP contribution is 2.25. The Balaban J connectivity index is 1.86. The summed E-state index contributed by atoms with van der Waals surface area (Å²) in [6.45, 7) is 3.97. The van der Waals surface area contributed by atoms with Crippen LogP contribution in [0.4, 0.5) is 0 Å². The molecule has 94 valence electrons. The Labute approximate surface area is 112 Å². The Morgan fingerprint density at radius 2 is 2.17 bits per heavy atom. The summed E-state index contributed by atoms with van der Waals surface area (Å²) in [5.41, 5.74) is 1.88. The summed E-state index contributed by atoms with van der Waals surface area (Å²) in [6.07, 6.45) is 1.96. The lowest BCUT2D eigenvalue weighted by Gasteiger charge is -2.13. The van der Waals surface area contributed by atoms with Crippen LogP contribution in [0.1, 0.15) is 26.7 Å². The van der Waals surface area contributed by atoms with Gasteiger partial charge in [-0.15, -0.1) is 0 Å². The molecule has 0 spiro atoms. The molecule has 0 radical (unpaired) electrons. The van der Waals surface area contributed by atoms with E-state index >= 15 is 0 Å². The summed E-state index contributed by atoms with van der Waals surface area (Å²) in [4.78, 5) is 7.80. The van der Waals surface area contributed by atoms with Gasteiger partial charge in [-0.05, 0) is 38.8 Å². The molecule has 1 aromatic heterocycles. The van der Waals surface area contributed by atoms with E-state index < -0.39 is 0 Å². The number of nitriles is 1. The summed E-state index contributed by atoms with van der Waals surface area (Å²) < 4.78 is 0. The highest BCUT2D eigenvalue weighted by atomic mass is 32.2. The summed E-state index contributed by atoms with van der Waals surface area (Å²) in [6, 6.07) is 10.4. The molecule has 2 aromatic rings. The van der Waals surface area contributed by atoms with E-state index in [-0.39, 0.29) is 5.41 Å². The lowest BCUT2D eigenvalue weighted by Crippen LogP contribution is -2.07. The number of nitrogens with one attached hydrogen (secondary N) is 1. The Kier molecular flexibility index (Phi) is 3.93. The van der Waals surface area contributed by atoms with Crippen molar-refractivity contribution >= 4 is 22.8 Å². The normalized spacial score (nSPS) is 11.6. The minimum atomic E-state index is -0.214. The summed E-state index contributed by atoms with van der Waals surface area (Å²) >= 11 is 1.72. The number of hydrogen-bond donors (Lipinski definition) is 1. The molecule has 0 aliphatic rings. The monoisotopic (exact) mass is 259 g/mol. The number of rotatable bonds is 5. The molecular formula is C14H17N3S. The van der Waals surface area contributed by atoms with Crippen LogP contribution in [0.15, 0.2) is 29.4 Å². The van der Waals surface area contributed by atoms with Crippen molar-refractivity contribution in [3.05, 3.63) is 24.3 Å². The van der Waals surface area contributed by atoms with E-state index in [2.05, 4.69) is 16.0 Å². The SMILES string of the molecule is CC(C)(C#N)CCCSc1nc2ccccc2[nH]1. The van der Waals surface area contributed by atoms with Crippen LogP contribution in [0.25, 0.3) is 11.0 Å². The Morgan fingerprint density at radius 3 is 2.89 bits per heavy atom. The van der Waals surface area contributed by atoms with Crippen LogP contribution in [0.5, 0.6) is 0 Å². The van der Waals surface area contributed by atoms with Crippen LogP contribution in [0.3, 0.4) is 0 Å².